The molecule has 174 valence electrons. The van der Waals surface area contributed by atoms with Gasteiger partial charge >= 0.3 is 6.36 Å². The van der Waals surface area contributed by atoms with Crippen molar-refractivity contribution in [1.29, 1.82) is 5.26 Å². The van der Waals surface area contributed by atoms with Crippen molar-refractivity contribution in [3.05, 3.63) is 70.9 Å². The first-order chi connectivity index (χ1) is 16.1. The van der Waals surface area contributed by atoms with E-state index in [0.717, 1.165) is 11.6 Å². The molecule has 0 bridgehead atoms. The number of amides is 1. The van der Waals surface area contributed by atoms with Crippen molar-refractivity contribution in [2.45, 2.75) is 20.2 Å². The van der Waals surface area contributed by atoms with Gasteiger partial charge < -0.3 is 14.4 Å². The summed E-state index contributed by atoms with van der Waals surface area (Å²) in [6, 6.07) is 14.1. The Labute approximate surface area is 193 Å². The van der Waals surface area contributed by atoms with Crippen LogP contribution in [0.4, 0.5) is 30.2 Å². The number of carbonyl (C=O) groups is 1. The Hall–Kier alpha value is -4.26. The summed E-state index contributed by atoms with van der Waals surface area (Å²) < 4.78 is 47.7. The van der Waals surface area contributed by atoms with Gasteiger partial charge in [-0.1, -0.05) is 0 Å². The average molecular weight is 468 g/mol. The van der Waals surface area contributed by atoms with Crippen LogP contribution in [0.5, 0.6) is 11.6 Å². The molecule has 0 unspecified atom stereocenters. The molecule has 1 aromatic heterocycles. The number of benzene rings is 2. The number of alkyl halides is 3. The van der Waals surface area contributed by atoms with E-state index >= 15 is 0 Å². The summed E-state index contributed by atoms with van der Waals surface area (Å²) in [5.74, 6) is -0.630. The van der Waals surface area contributed by atoms with Crippen LogP contribution in [0.2, 0.25) is 0 Å². The van der Waals surface area contributed by atoms with Crippen LogP contribution >= 0.6 is 0 Å². The zero-order valence-electron chi connectivity index (χ0n) is 18.5. The van der Waals surface area contributed by atoms with Crippen LogP contribution in [0.3, 0.4) is 0 Å². The zero-order valence-corrected chi connectivity index (χ0v) is 18.5. The Morgan fingerprint density at radius 2 is 1.71 bits per heavy atom. The lowest BCUT2D eigenvalue weighted by atomic mass is 10.0. The number of aromatic nitrogens is 1. The number of fused-ring (bicyclic) bond motifs is 1. The molecule has 1 aliphatic heterocycles. The number of methoxy groups -OCH3 is 1. The van der Waals surface area contributed by atoms with Crippen LogP contribution in [-0.4, -0.2) is 31.0 Å². The molecule has 0 spiro atoms. The van der Waals surface area contributed by atoms with E-state index in [-0.39, 0.29) is 12.2 Å². The van der Waals surface area contributed by atoms with Crippen LogP contribution in [-0.2, 0) is 0 Å². The van der Waals surface area contributed by atoms with Crippen LogP contribution in [0.25, 0.3) is 0 Å². The van der Waals surface area contributed by atoms with E-state index in [1.54, 1.807) is 42.2 Å². The molecule has 0 atom stereocenters. The summed E-state index contributed by atoms with van der Waals surface area (Å²) in [7, 11) is 1.47. The third-order valence-corrected chi connectivity index (χ3v) is 5.40. The van der Waals surface area contributed by atoms with Crippen molar-refractivity contribution < 1.29 is 27.4 Å². The fourth-order valence-electron chi connectivity index (χ4n) is 3.90. The fraction of sp³-hybridized carbons (Fsp3) is 0.208. The molecule has 0 saturated carbocycles. The maximum absolute atomic E-state index is 13.5. The first-order valence-electron chi connectivity index (χ1n) is 10.1. The monoisotopic (exact) mass is 468 g/mol. The smallest absolute Gasteiger partial charge is 0.481 e. The van der Waals surface area contributed by atoms with E-state index in [9.17, 15) is 23.2 Å². The first kappa shape index (κ1) is 22.9. The highest BCUT2D eigenvalue weighted by molar-refractivity contribution is 6.13. The molecule has 2 heterocycles. The lowest BCUT2D eigenvalue weighted by molar-refractivity contribution is -0.274. The minimum atomic E-state index is -4.90. The average Bonchev–Trinajstić information content (AvgIpc) is 2.79. The Bertz CT molecular complexity index is 1320. The van der Waals surface area contributed by atoms with Gasteiger partial charge in [0.25, 0.3) is 5.91 Å². The maximum Gasteiger partial charge on any atom is 0.573 e. The van der Waals surface area contributed by atoms with E-state index in [1.807, 2.05) is 6.92 Å². The Morgan fingerprint density at radius 1 is 1.00 bits per heavy atom. The molecule has 2 aromatic carbocycles. The van der Waals surface area contributed by atoms with Crippen molar-refractivity contribution in [1.82, 2.24) is 4.98 Å². The Kier molecular flexibility index (Phi) is 5.79. The second kappa shape index (κ2) is 8.59. The van der Waals surface area contributed by atoms with E-state index < -0.39 is 18.0 Å². The minimum absolute atomic E-state index is 0.0342. The molecule has 34 heavy (non-hydrogen) atoms. The largest absolute Gasteiger partial charge is 0.573 e. The molecule has 0 fully saturated rings. The number of aryl methyl sites for hydroxylation is 2. The Balaban J connectivity index is 1.87. The van der Waals surface area contributed by atoms with E-state index in [4.69, 9.17) is 4.74 Å². The lowest BCUT2D eigenvalue weighted by Crippen LogP contribution is -2.45. The maximum atomic E-state index is 13.5. The summed E-state index contributed by atoms with van der Waals surface area (Å²) in [5.41, 5.74) is 3.37. The molecule has 3 aromatic rings. The van der Waals surface area contributed by atoms with Crippen molar-refractivity contribution >= 4 is 23.0 Å². The van der Waals surface area contributed by atoms with Crippen molar-refractivity contribution in [2.24, 2.45) is 0 Å². The quantitative estimate of drug-likeness (QED) is 0.522. The molecule has 1 aliphatic rings. The van der Waals surface area contributed by atoms with Crippen LogP contribution in [0.15, 0.2) is 48.5 Å². The summed E-state index contributed by atoms with van der Waals surface area (Å²) >= 11 is 0. The topological polar surface area (TPSA) is 78.7 Å². The highest BCUT2D eigenvalue weighted by Gasteiger charge is 2.35. The molecule has 0 radical (unpaired) electrons. The number of nitrogens with zero attached hydrogens (tertiary/aromatic N) is 4. The summed E-state index contributed by atoms with van der Waals surface area (Å²) in [6.45, 7) is 3.60. The van der Waals surface area contributed by atoms with Gasteiger partial charge in [-0.25, -0.2) is 4.98 Å². The van der Waals surface area contributed by atoms with Crippen LogP contribution < -0.4 is 19.3 Å². The van der Waals surface area contributed by atoms with Gasteiger partial charge in [0, 0.05) is 11.8 Å². The summed E-state index contributed by atoms with van der Waals surface area (Å²) in [5, 5.41) is 9.20. The van der Waals surface area contributed by atoms with Gasteiger partial charge in [-0.15, -0.1) is 13.2 Å². The molecule has 10 heteroatoms. The predicted octanol–water partition coefficient (Wildman–Crippen LogP) is 5.23. The second-order valence-electron chi connectivity index (χ2n) is 7.60. The molecule has 0 aliphatic carbocycles. The number of nitriles is 1. The number of hydrogen-bond donors (Lipinski definition) is 0. The number of carbonyl (C=O) groups excluding carboxylic acids is 1. The molecule has 4 rings (SSSR count). The third kappa shape index (κ3) is 4.32. The molecule has 1 amide bonds. The van der Waals surface area contributed by atoms with Gasteiger partial charge in [-0.3, -0.25) is 9.69 Å². The SMILES string of the molecule is COc1ccc(N2CN(c3ccc(C#N)cc3C)c3ccc(OC(F)(F)F)cc3C2=O)c(C)n1. The van der Waals surface area contributed by atoms with Gasteiger partial charge in [-0.2, -0.15) is 5.26 Å². The third-order valence-electron chi connectivity index (χ3n) is 5.40. The second-order valence-corrected chi connectivity index (χ2v) is 7.60. The Morgan fingerprint density at radius 3 is 2.32 bits per heavy atom. The van der Waals surface area contributed by atoms with Crippen molar-refractivity contribution in [3.63, 3.8) is 0 Å². The standard InChI is InChI=1S/C24H19F3N4O3/c1-14-10-16(12-28)4-6-19(14)30-13-31(20-8-9-22(33-3)29-15(20)2)23(32)18-11-17(5-7-21(18)30)34-24(25,26)27/h4-11H,13H2,1-3H3. The van der Waals surface area contributed by atoms with Crippen molar-refractivity contribution in [2.75, 3.05) is 23.6 Å². The molecule has 0 N–H and O–H groups in total. The number of pyridine rings is 1. The van der Waals surface area contributed by atoms with E-state index in [1.165, 1.54) is 24.1 Å². The fourth-order valence-corrected chi connectivity index (χ4v) is 3.90. The van der Waals surface area contributed by atoms with Gasteiger partial charge in [0.2, 0.25) is 5.88 Å². The summed E-state index contributed by atoms with van der Waals surface area (Å²) in [4.78, 5) is 21.0. The number of rotatable bonds is 4. The number of hydrogen-bond acceptors (Lipinski definition) is 6. The van der Waals surface area contributed by atoms with Gasteiger partial charge in [-0.05, 0) is 61.9 Å². The van der Waals surface area contributed by atoms with Crippen molar-refractivity contribution in [3.8, 4) is 17.7 Å². The minimum Gasteiger partial charge on any atom is -0.481 e. The van der Waals surface area contributed by atoms with Crippen LogP contribution in [0, 0.1) is 25.2 Å². The highest BCUT2D eigenvalue weighted by atomic mass is 19.4. The zero-order chi connectivity index (χ0) is 24.6. The van der Waals surface area contributed by atoms with Gasteiger partial charge in [0.15, 0.2) is 0 Å². The van der Waals surface area contributed by atoms with E-state index in [0.29, 0.717) is 34.2 Å². The van der Waals surface area contributed by atoms with E-state index in [2.05, 4.69) is 15.8 Å². The predicted molar refractivity (Wildman–Crippen MR) is 118 cm³/mol. The van der Waals surface area contributed by atoms with Gasteiger partial charge in [0.1, 0.15) is 12.4 Å². The molecule has 0 saturated heterocycles. The van der Waals surface area contributed by atoms with Crippen LogP contribution in [0.1, 0.15) is 27.2 Å². The van der Waals surface area contributed by atoms with Gasteiger partial charge in [0.05, 0.1) is 41.4 Å². The number of ether oxygens (including phenoxy) is 2. The number of halogens is 3. The highest BCUT2D eigenvalue weighted by Crippen LogP contribution is 2.40. The molecular weight excluding hydrogens is 449 g/mol. The molecule has 7 nitrogen and oxygen atoms in total. The first-order valence-corrected chi connectivity index (χ1v) is 10.1. The number of anilines is 3. The summed E-state index contributed by atoms with van der Waals surface area (Å²) in [6.07, 6.45) is -4.90. The lowest BCUT2D eigenvalue weighted by Gasteiger charge is -2.39. The normalized spacial score (nSPS) is 13.4. The molecular formula is C24H19F3N4O3.